The molecule has 0 bridgehead atoms. The van der Waals surface area contributed by atoms with E-state index >= 15 is 0 Å². The van der Waals surface area contributed by atoms with E-state index in [0.717, 1.165) is 6.07 Å². The number of aliphatic hydroxyl groups is 1. The van der Waals surface area contributed by atoms with Crippen molar-refractivity contribution in [2.24, 2.45) is 4.99 Å². The third-order valence-electron chi connectivity index (χ3n) is 3.41. The number of halogens is 2. The summed E-state index contributed by atoms with van der Waals surface area (Å²) < 4.78 is 39.6. The Balaban J connectivity index is 1.85. The van der Waals surface area contributed by atoms with Crippen molar-refractivity contribution in [3.05, 3.63) is 64.4 Å². The van der Waals surface area contributed by atoms with Crippen molar-refractivity contribution in [1.82, 2.24) is 4.72 Å². The molecule has 0 spiro atoms. The largest absolute Gasteiger partial charge is 0.386 e. The van der Waals surface area contributed by atoms with Gasteiger partial charge in [-0.2, -0.15) is 0 Å². The normalized spacial score (nSPS) is 18.5. The van der Waals surface area contributed by atoms with Crippen LogP contribution in [0.3, 0.4) is 0 Å². The molecule has 2 N–H and O–H groups in total. The minimum absolute atomic E-state index is 0.0373. The summed E-state index contributed by atoms with van der Waals surface area (Å²) in [6.07, 6.45) is -1.08. The average Bonchev–Trinajstić information content (AvgIpc) is 2.79. The van der Waals surface area contributed by atoms with Gasteiger partial charge in [0.2, 0.25) is 0 Å². The van der Waals surface area contributed by atoms with E-state index in [1.54, 1.807) is 18.2 Å². The molecule has 23 heavy (non-hydrogen) atoms. The minimum Gasteiger partial charge on any atom is -0.386 e. The van der Waals surface area contributed by atoms with E-state index < -0.39 is 21.9 Å². The van der Waals surface area contributed by atoms with Crippen LogP contribution in [-0.4, -0.2) is 25.9 Å². The molecule has 5 nitrogen and oxygen atoms in total. The molecule has 3 rings (SSSR count). The standard InChI is InChI=1S/C15H12ClFN2O3S/c16-11-6-5-9(7-12(11)17)13(20)8-18-15-10-3-1-2-4-14(10)23(21,22)19-15/h1-7,13,20H,8H2,(H,18,19). The molecule has 0 aliphatic carbocycles. The van der Waals surface area contributed by atoms with E-state index in [2.05, 4.69) is 9.71 Å². The Morgan fingerprint density at radius 2 is 2.00 bits per heavy atom. The molecule has 0 saturated carbocycles. The maximum absolute atomic E-state index is 13.4. The van der Waals surface area contributed by atoms with Crippen molar-refractivity contribution in [2.45, 2.75) is 11.0 Å². The molecule has 0 radical (unpaired) electrons. The third kappa shape index (κ3) is 3.08. The first-order chi connectivity index (χ1) is 10.9. The second-order valence-corrected chi connectivity index (χ2v) is 7.04. The summed E-state index contributed by atoms with van der Waals surface area (Å²) in [5, 5.41) is 10.0. The number of amidine groups is 1. The second kappa shape index (κ2) is 5.92. The molecule has 0 saturated heterocycles. The first-order valence-electron chi connectivity index (χ1n) is 6.68. The Labute approximate surface area is 137 Å². The van der Waals surface area contributed by atoms with E-state index in [0.29, 0.717) is 11.1 Å². The van der Waals surface area contributed by atoms with Gasteiger partial charge in [-0.15, -0.1) is 0 Å². The zero-order chi connectivity index (χ0) is 16.6. The Morgan fingerprint density at radius 3 is 2.74 bits per heavy atom. The van der Waals surface area contributed by atoms with Gasteiger partial charge in [-0.05, 0) is 29.8 Å². The van der Waals surface area contributed by atoms with Gasteiger partial charge >= 0.3 is 0 Å². The van der Waals surface area contributed by atoms with Crippen LogP contribution in [0.15, 0.2) is 52.4 Å². The van der Waals surface area contributed by atoms with Crippen molar-refractivity contribution in [3.63, 3.8) is 0 Å². The van der Waals surface area contributed by atoms with Crippen LogP contribution >= 0.6 is 11.6 Å². The molecular weight excluding hydrogens is 343 g/mol. The molecule has 1 aliphatic rings. The molecule has 2 aromatic carbocycles. The van der Waals surface area contributed by atoms with Crippen LogP contribution in [0.5, 0.6) is 0 Å². The molecular formula is C15H12ClFN2O3S. The SMILES string of the molecule is O=S1(=O)NC(=NCC(O)c2ccc(Cl)c(F)c2)c2ccccc21. The summed E-state index contributed by atoms with van der Waals surface area (Å²) in [4.78, 5) is 4.25. The van der Waals surface area contributed by atoms with Gasteiger partial charge < -0.3 is 5.11 Å². The van der Waals surface area contributed by atoms with Gasteiger partial charge in [0.15, 0.2) is 0 Å². The molecule has 1 atom stereocenters. The number of hydrogen-bond acceptors (Lipinski definition) is 4. The van der Waals surface area contributed by atoms with Gasteiger partial charge in [0.1, 0.15) is 11.7 Å². The molecule has 1 unspecified atom stereocenters. The lowest BCUT2D eigenvalue weighted by molar-refractivity contribution is 0.187. The fraction of sp³-hybridized carbons (Fsp3) is 0.133. The van der Waals surface area contributed by atoms with Crippen LogP contribution in [0.2, 0.25) is 5.02 Å². The van der Waals surface area contributed by atoms with Crippen molar-refractivity contribution in [3.8, 4) is 0 Å². The number of rotatable bonds is 3. The number of aliphatic imine (C=N–C) groups is 1. The molecule has 0 amide bonds. The highest BCUT2D eigenvalue weighted by molar-refractivity contribution is 7.90. The Bertz CT molecular complexity index is 899. The zero-order valence-corrected chi connectivity index (χ0v) is 13.3. The summed E-state index contributed by atoms with van der Waals surface area (Å²) in [5.41, 5.74) is 0.757. The lowest BCUT2D eigenvalue weighted by atomic mass is 10.1. The second-order valence-electron chi connectivity index (χ2n) is 4.98. The van der Waals surface area contributed by atoms with Crippen molar-refractivity contribution < 1.29 is 17.9 Å². The minimum atomic E-state index is -3.62. The highest BCUT2D eigenvalue weighted by Crippen LogP contribution is 2.24. The van der Waals surface area contributed by atoms with E-state index in [1.165, 1.54) is 18.2 Å². The van der Waals surface area contributed by atoms with Crippen LogP contribution in [0.4, 0.5) is 4.39 Å². The van der Waals surface area contributed by atoms with E-state index in [-0.39, 0.29) is 22.3 Å². The lowest BCUT2D eigenvalue weighted by Crippen LogP contribution is -2.23. The Morgan fingerprint density at radius 1 is 1.26 bits per heavy atom. The van der Waals surface area contributed by atoms with Crippen LogP contribution in [0.25, 0.3) is 0 Å². The van der Waals surface area contributed by atoms with Crippen LogP contribution in [0, 0.1) is 5.82 Å². The number of aliphatic hydroxyl groups excluding tert-OH is 1. The van der Waals surface area contributed by atoms with Crippen LogP contribution < -0.4 is 4.72 Å². The lowest BCUT2D eigenvalue weighted by Gasteiger charge is -2.09. The summed E-state index contributed by atoms with van der Waals surface area (Å²) >= 11 is 5.59. The summed E-state index contributed by atoms with van der Waals surface area (Å²) in [5.74, 6) is -0.475. The number of sulfonamides is 1. The van der Waals surface area contributed by atoms with Gasteiger partial charge in [0, 0.05) is 5.56 Å². The van der Waals surface area contributed by atoms with Gasteiger partial charge in [0.25, 0.3) is 10.0 Å². The smallest absolute Gasteiger partial charge is 0.263 e. The Hall–Kier alpha value is -1.96. The summed E-state index contributed by atoms with van der Waals surface area (Å²) in [6, 6.07) is 10.4. The quantitative estimate of drug-likeness (QED) is 0.887. The van der Waals surface area contributed by atoms with E-state index in [9.17, 15) is 17.9 Å². The summed E-state index contributed by atoms with van der Waals surface area (Å²) in [6.45, 7) is -0.118. The molecule has 0 aromatic heterocycles. The van der Waals surface area contributed by atoms with Crippen molar-refractivity contribution in [2.75, 3.05) is 6.54 Å². The summed E-state index contributed by atoms with van der Waals surface area (Å²) in [7, 11) is -3.62. The van der Waals surface area contributed by atoms with E-state index in [1.807, 2.05) is 0 Å². The topological polar surface area (TPSA) is 78.8 Å². The number of fused-ring (bicyclic) bond motifs is 1. The highest BCUT2D eigenvalue weighted by atomic mass is 35.5. The Kier molecular flexibility index (Phi) is 4.09. The predicted molar refractivity (Wildman–Crippen MR) is 84.5 cm³/mol. The molecule has 1 heterocycles. The number of nitrogens with zero attached hydrogens (tertiary/aromatic N) is 1. The average molecular weight is 355 g/mol. The number of benzene rings is 2. The molecule has 120 valence electrons. The zero-order valence-electron chi connectivity index (χ0n) is 11.7. The third-order valence-corrected chi connectivity index (χ3v) is 5.12. The van der Waals surface area contributed by atoms with Crippen LogP contribution in [-0.2, 0) is 10.0 Å². The number of nitrogens with one attached hydrogen (secondary N) is 1. The van der Waals surface area contributed by atoms with Gasteiger partial charge in [-0.25, -0.2) is 12.8 Å². The fourth-order valence-electron chi connectivity index (χ4n) is 2.25. The maximum Gasteiger partial charge on any atom is 0.263 e. The van der Waals surface area contributed by atoms with Crippen molar-refractivity contribution in [1.29, 1.82) is 0 Å². The van der Waals surface area contributed by atoms with Gasteiger partial charge in [-0.1, -0.05) is 29.8 Å². The monoisotopic (exact) mass is 354 g/mol. The van der Waals surface area contributed by atoms with Crippen LogP contribution in [0.1, 0.15) is 17.2 Å². The number of hydrogen-bond donors (Lipinski definition) is 2. The highest BCUT2D eigenvalue weighted by Gasteiger charge is 2.30. The first-order valence-corrected chi connectivity index (χ1v) is 8.54. The first kappa shape index (κ1) is 15.9. The molecule has 2 aromatic rings. The predicted octanol–water partition coefficient (Wildman–Crippen LogP) is 2.25. The van der Waals surface area contributed by atoms with E-state index in [4.69, 9.17) is 11.6 Å². The van der Waals surface area contributed by atoms with Gasteiger partial charge in [-0.3, -0.25) is 9.71 Å². The molecule has 8 heteroatoms. The molecule has 0 fully saturated rings. The maximum atomic E-state index is 13.4. The fourth-order valence-corrected chi connectivity index (χ4v) is 3.62. The van der Waals surface area contributed by atoms with Gasteiger partial charge in [0.05, 0.1) is 22.6 Å². The van der Waals surface area contributed by atoms with Crippen molar-refractivity contribution >= 4 is 27.5 Å². The molecule has 1 aliphatic heterocycles.